The maximum Gasteiger partial charge on any atom is 0.130 e. The highest BCUT2D eigenvalue weighted by Crippen LogP contribution is 2.55. The molecular formula is C20H13ClN2S. The number of rotatable bonds is 1. The van der Waals surface area contributed by atoms with Crippen LogP contribution in [-0.2, 0) is 0 Å². The summed E-state index contributed by atoms with van der Waals surface area (Å²) in [5.41, 5.74) is 3.37. The summed E-state index contributed by atoms with van der Waals surface area (Å²) in [6.45, 7) is 0. The van der Waals surface area contributed by atoms with E-state index in [-0.39, 0.29) is 0 Å². The van der Waals surface area contributed by atoms with E-state index >= 15 is 0 Å². The number of hydrogen-bond acceptors (Lipinski definition) is 2. The molecule has 0 saturated carbocycles. The minimum atomic E-state index is 0.786. The van der Waals surface area contributed by atoms with Crippen molar-refractivity contribution in [2.45, 2.75) is 9.79 Å². The van der Waals surface area contributed by atoms with E-state index in [1.807, 2.05) is 18.2 Å². The van der Waals surface area contributed by atoms with Crippen LogP contribution in [0.2, 0.25) is 5.02 Å². The van der Waals surface area contributed by atoms with Crippen LogP contribution in [0.15, 0.2) is 82.6 Å². The van der Waals surface area contributed by atoms with Crippen molar-refractivity contribution in [2.75, 3.05) is 4.90 Å². The number of para-hydroxylation sites is 2. The van der Waals surface area contributed by atoms with Gasteiger partial charge in [0.05, 0.1) is 20.5 Å². The van der Waals surface area contributed by atoms with Gasteiger partial charge >= 0.3 is 0 Å². The molecule has 2 nitrogen and oxygen atoms in total. The Bertz CT molecular complexity index is 1060. The predicted molar refractivity (Wildman–Crippen MR) is 102 cm³/mol. The standard InChI is InChI=1S/C20H13ClN2S/c21-15-10-6-12-17-19(15)24-18-14-9-4-5-11-16(14)22-20(18)23(17)13-7-2-1-3-8-13/h1-12,22H. The third-order valence-electron chi connectivity index (χ3n) is 4.27. The van der Waals surface area contributed by atoms with Gasteiger partial charge in [-0.2, -0.15) is 0 Å². The van der Waals surface area contributed by atoms with E-state index < -0.39 is 0 Å². The Morgan fingerprint density at radius 3 is 2.46 bits per heavy atom. The molecule has 2 heterocycles. The van der Waals surface area contributed by atoms with Crippen molar-refractivity contribution >= 4 is 51.5 Å². The molecule has 0 unspecified atom stereocenters. The molecule has 1 aromatic heterocycles. The summed E-state index contributed by atoms with van der Waals surface area (Å²) in [6.07, 6.45) is 0. The highest BCUT2D eigenvalue weighted by molar-refractivity contribution is 8.00. The maximum absolute atomic E-state index is 6.52. The van der Waals surface area contributed by atoms with Crippen LogP contribution in [-0.4, -0.2) is 4.98 Å². The smallest absolute Gasteiger partial charge is 0.130 e. The van der Waals surface area contributed by atoms with Gasteiger partial charge in [-0.1, -0.05) is 65.8 Å². The van der Waals surface area contributed by atoms with Crippen LogP contribution in [0, 0.1) is 0 Å². The van der Waals surface area contributed by atoms with E-state index in [1.165, 1.54) is 10.3 Å². The fourth-order valence-electron chi connectivity index (χ4n) is 3.21. The molecule has 4 heteroatoms. The molecule has 0 aliphatic carbocycles. The van der Waals surface area contributed by atoms with Gasteiger partial charge in [-0.3, -0.25) is 4.90 Å². The second kappa shape index (κ2) is 5.33. The molecule has 0 spiro atoms. The number of aromatic amines is 1. The Labute approximate surface area is 149 Å². The third-order valence-corrected chi connectivity index (χ3v) is 5.95. The minimum Gasteiger partial charge on any atom is -0.340 e. The van der Waals surface area contributed by atoms with Crippen LogP contribution in [0.3, 0.4) is 0 Å². The number of nitrogens with one attached hydrogen (secondary N) is 1. The zero-order valence-corrected chi connectivity index (χ0v) is 14.2. The number of benzene rings is 3. The Morgan fingerprint density at radius 1 is 0.792 bits per heavy atom. The van der Waals surface area contributed by atoms with Crippen molar-refractivity contribution in [1.82, 2.24) is 4.98 Å². The molecule has 0 saturated heterocycles. The molecule has 5 rings (SSSR count). The summed E-state index contributed by atoms with van der Waals surface area (Å²) in [7, 11) is 0. The van der Waals surface area contributed by atoms with Gasteiger partial charge in [0.1, 0.15) is 5.82 Å². The average molecular weight is 349 g/mol. The highest BCUT2D eigenvalue weighted by Gasteiger charge is 2.29. The zero-order chi connectivity index (χ0) is 16.1. The molecule has 0 amide bonds. The molecule has 0 fully saturated rings. The number of hydrogen-bond donors (Lipinski definition) is 1. The Morgan fingerprint density at radius 2 is 1.58 bits per heavy atom. The SMILES string of the molecule is Clc1cccc2c1Sc1c([nH]c3ccccc13)N2c1ccccc1. The van der Waals surface area contributed by atoms with Gasteiger partial charge in [-0.15, -0.1) is 0 Å². The lowest BCUT2D eigenvalue weighted by Gasteiger charge is -2.31. The first-order valence-electron chi connectivity index (χ1n) is 7.75. The highest BCUT2D eigenvalue weighted by atomic mass is 35.5. The quantitative estimate of drug-likeness (QED) is 0.361. The van der Waals surface area contributed by atoms with Crippen LogP contribution in [0.25, 0.3) is 10.9 Å². The zero-order valence-electron chi connectivity index (χ0n) is 12.7. The summed E-state index contributed by atoms with van der Waals surface area (Å²) >= 11 is 8.26. The molecule has 0 bridgehead atoms. The number of H-pyrrole nitrogens is 1. The largest absolute Gasteiger partial charge is 0.340 e. The monoisotopic (exact) mass is 348 g/mol. The molecule has 4 aromatic rings. The van der Waals surface area contributed by atoms with Crippen molar-refractivity contribution in [3.8, 4) is 0 Å². The van der Waals surface area contributed by atoms with E-state index in [0.717, 1.165) is 32.6 Å². The fourth-order valence-corrected chi connectivity index (χ4v) is 4.65. The maximum atomic E-state index is 6.52. The topological polar surface area (TPSA) is 19.0 Å². The molecule has 0 atom stereocenters. The number of aromatic nitrogens is 1. The molecule has 3 aromatic carbocycles. The normalized spacial score (nSPS) is 13.0. The lowest BCUT2D eigenvalue weighted by Crippen LogP contribution is -2.14. The molecular weight excluding hydrogens is 336 g/mol. The number of halogens is 1. The Hall–Kier alpha value is -2.36. The van der Waals surface area contributed by atoms with Gasteiger partial charge in [0, 0.05) is 16.6 Å². The summed E-state index contributed by atoms with van der Waals surface area (Å²) < 4.78 is 0. The summed E-state index contributed by atoms with van der Waals surface area (Å²) in [5, 5.41) is 2.01. The van der Waals surface area contributed by atoms with Crippen LogP contribution >= 0.6 is 23.4 Å². The second-order valence-corrected chi connectivity index (χ2v) is 7.14. The first-order valence-corrected chi connectivity index (χ1v) is 8.94. The second-order valence-electron chi connectivity index (χ2n) is 5.71. The summed E-state index contributed by atoms with van der Waals surface area (Å²) in [5.74, 6) is 1.10. The third kappa shape index (κ3) is 1.98. The van der Waals surface area contributed by atoms with Crippen molar-refractivity contribution in [2.24, 2.45) is 0 Å². The molecule has 24 heavy (non-hydrogen) atoms. The summed E-state index contributed by atoms with van der Waals surface area (Å²) in [4.78, 5) is 8.16. The van der Waals surface area contributed by atoms with Gasteiger partial charge in [0.15, 0.2) is 0 Å². The van der Waals surface area contributed by atoms with Crippen molar-refractivity contribution < 1.29 is 0 Å². The number of anilines is 3. The van der Waals surface area contributed by atoms with E-state index in [9.17, 15) is 0 Å². The lowest BCUT2D eigenvalue weighted by atomic mass is 10.2. The first-order chi connectivity index (χ1) is 11.8. The molecule has 0 radical (unpaired) electrons. The van der Waals surface area contributed by atoms with Crippen LogP contribution in [0.5, 0.6) is 0 Å². The Balaban J connectivity index is 1.85. The molecule has 1 aliphatic rings. The van der Waals surface area contributed by atoms with Gasteiger partial charge in [-0.05, 0) is 30.3 Å². The molecule has 116 valence electrons. The van der Waals surface area contributed by atoms with Gasteiger partial charge in [-0.25, -0.2) is 0 Å². The lowest BCUT2D eigenvalue weighted by molar-refractivity contribution is 1.14. The number of nitrogens with zero attached hydrogens (tertiary/aromatic N) is 1. The van der Waals surface area contributed by atoms with Crippen LogP contribution in [0.4, 0.5) is 17.2 Å². The predicted octanol–water partition coefficient (Wildman–Crippen LogP) is 6.76. The van der Waals surface area contributed by atoms with Crippen molar-refractivity contribution in [3.63, 3.8) is 0 Å². The molecule has 1 aliphatic heterocycles. The molecule has 1 N–H and O–H groups in total. The van der Waals surface area contributed by atoms with E-state index in [4.69, 9.17) is 11.6 Å². The minimum absolute atomic E-state index is 0.786. The van der Waals surface area contributed by atoms with E-state index in [2.05, 4.69) is 64.5 Å². The first kappa shape index (κ1) is 14.0. The Kier molecular flexibility index (Phi) is 3.12. The van der Waals surface area contributed by atoms with Crippen LogP contribution < -0.4 is 4.90 Å². The van der Waals surface area contributed by atoms with Gasteiger partial charge in [0.25, 0.3) is 0 Å². The van der Waals surface area contributed by atoms with Crippen molar-refractivity contribution in [1.29, 1.82) is 0 Å². The average Bonchev–Trinajstić information content (AvgIpc) is 2.99. The fraction of sp³-hybridized carbons (Fsp3) is 0. The van der Waals surface area contributed by atoms with Crippen molar-refractivity contribution in [3.05, 3.63) is 77.8 Å². The van der Waals surface area contributed by atoms with Gasteiger partial charge < -0.3 is 4.98 Å². The van der Waals surface area contributed by atoms with Crippen LogP contribution in [0.1, 0.15) is 0 Å². The summed E-state index contributed by atoms with van der Waals surface area (Å²) in [6, 6.07) is 24.9. The van der Waals surface area contributed by atoms with E-state index in [0.29, 0.717) is 0 Å². The van der Waals surface area contributed by atoms with E-state index in [1.54, 1.807) is 11.8 Å². The number of fused-ring (bicyclic) bond motifs is 4. The van der Waals surface area contributed by atoms with Gasteiger partial charge in [0.2, 0.25) is 0 Å².